The number of aromatic nitrogens is 3. The zero-order valence-corrected chi connectivity index (χ0v) is 17.6. The average Bonchev–Trinajstić information content (AvgIpc) is 3.03. The fraction of sp³-hybridized carbons (Fsp3) is 0.381. The lowest BCUT2D eigenvalue weighted by atomic mass is 9.80. The SMILES string of the molecule is Cc1ccc(-c2cn3nc(C(=O)NC(C)C4CCC4)c(C(F)(F)F)c3c(=O)[nH]2)cc1Cl. The van der Waals surface area contributed by atoms with E-state index in [0.717, 1.165) is 29.3 Å². The maximum atomic E-state index is 13.8. The standard InChI is InChI=1S/C21H20ClF3N4O2/c1-10-6-7-13(8-14(10)22)15-9-29-18(20(31)27-15)16(21(23,24)25)17(28-29)19(30)26-11(2)12-4-3-5-12/h6-9,11-12H,3-5H2,1-2H3,(H,26,30)(H,27,31). The fourth-order valence-electron chi connectivity index (χ4n) is 3.75. The molecule has 0 spiro atoms. The van der Waals surface area contributed by atoms with Crippen LogP contribution in [0.5, 0.6) is 0 Å². The van der Waals surface area contributed by atoms with Crippen molar-refractivity contribution >= 4 is 23.0 Å². The van der Waals surface area contributed by atoms with Crippen molar-refractivity contribution in [3.05, 3.63) is 56.6 Å². The van der Waals surface area contributed by atoms with Gasteiger partial charge < -0.3 is 10.3 Å². The van der Waals surface area contributed by atoms with Crippen molar-refractivity contribution in [2.75, 3.05) is 0 Å². The Labute approximate surface area is 180 Å². The number of carbonyl (C=O) groups excluding carboxylic acids is 1. The first-order chi connectivity index (χ1) is 14.6. The molecule has 164 valence electrons. The van der Waals surface area contributed by atoms with E-state index in [1.807, 2.05) is 0 Å². The van der Waals surface area contributed by atoms with Crippen LogP contribution in [0.2, 0.25) is 5.02 Å². The molecule has 3 aromatic rings. The molecular formula is C21H20ClF3N4O2. The number of fused-ring (bicyclic) bond motifs is 1. The van der Waals surface area contributed by atoms with Gasteiger partial charge in [-0.3, -0.25) is 9.59 Å². The number of H-pyrrole nitrogens is 1. The molecule has 0 saturated heterocycles. The zero-order valence-electron chi connectivity index (χ0n) is 16.8. The second-order valence-corrected chi connectivity index (χ2v) is 8.34. The summed E-state index contributed by atoms with van der Waals surface area (Å²) in [5, 5.41) is 6.90. The number of halogens is 4. The third kappa shape index (κ3) is 3.94. The van der Waals surface area contributed by atoms with Gasteiger partial charge in [-0.15, -0.1) is 0 Å². The van der Waals surface area contributed by atoms with Gasteiger partial charge >= 0.3 is 6.18 Å². The van der Waals surface area contributed by atoms with Crippen molar-refractivity contribution in [1.29, 1.82) is 0 Å². The van der Waals surface area contributed by atoms with E-state index in [-0.39, 0.29) is 17.7 Å². The molecule has 1 aliphatic rings. The molecule has 1 aromatic carbocycles. The van der Waals surface area contributed by atoms with E-state index in [4.69, 9.17) is 11.6 Å². The Morgan fingerprint density at radius 3 is 2.65 bits per heavy atom. The van der Waals surface area contributed by atoms with Crippen molar-refractivity contribution in [2.24, 2.45) is 5.92 Å². The molecule has 10 heteroatoms. The molecule has 31 heavy (non-hydrogen) atoms. The molecule has 1 atom stereocenters. The molecule has 6 nitrogen and oxygen atoms in total. The Morgan fingerprint density at radius 2 is 2.06 bits per heavy atom. The van der Waals surface area contributed by atoms with Gasteiger partial charge in [-0.1, -0.05) is 30.2 Å². The highest BCUT2D eigenvalue weighted by Gasteiger charge is 2.42. The summed E-state index contributed by atoms with van der Waals surface area (Å²) in [6, 6.07) is 4.72. The predicted octanol–water partition coefficient (Wildman–Crippen LogP) is 4.59. The molecule has 4 rings (SSSR count). The number of nitrogens with zero attached hydrogens (tertiary/aromatic N) is 2. The summed E-state index contributed by atoms with van der Waals surface area (Å²) in [6.45, 7) is 3.56. The van der Waals surface area contributed by atoms with Crippen molar-refractivity contribution < 1.29 is 18.0 Å². The highest BCUT2D eigenvalue weighted by Crippen LogP contribution is 2.35. The second kappa shape index (κ2) is 7.71. The van der Waals surface area contributed by atoms with E-state index >= 15 is 0 Å². The van der Waals surface area contributed by atoms with Crippen LogP contribution < -0.4 is 10.9 Å². The number of nitrogens with one attached hydrogen (secondary N) is 2. The number of aryl methyl sites for hydroxylation is 1. The number of benzene rings is 1. The topological polar surface area (TPSA) is 79.3 Å². The van der Waals surface area contributed by atoms with Gasteiger partial charge in [0.05, 0.1) is 11.9 Å². The molecular weight excluding hydrogens is 433 g/mol. The Morgan fingerprint density at radius 1 is 1.35 bits per heavy atom. The molecule has 1 fully saturated rings. The first kappa shape index (κ1) is 21.4. The summed E-state index contributed by atoms with van der Waals surface area (Å²) >= 11 is 6.13. The maximum Gasteiger partial charge on any atom is 0.421 e. The van der Waals surface area contributed by atoms with E-state index < -0.39 is 34.4 Å². The van der Waals surface area contributed by atoms with Crippen LogP contribution in [0.4, 0.5) is 13.2 Å². The van der Waals surface area contributed by atoms with Crippen LogP contribution in [0, 0.1) is 12.8 Å². The minimum Gasteiger partial charge on any atom is -0.348 e. The van der Waals surface area contributed by atoms with Crippen molar-refractivity contribution in [1.82, 2.24) is 19.9 Å². The third-order valence-corrected chi connectivity index (χ3v) is 6.23. The highest BCUT2D eigenvalue weighted by atomic mass is 35.5. The van der Waals surface area contributed by atoms with E-state index in [1.165, 1.54) is 6.20 Å². The Bertz CT molecular complexity index is 1230. The van der Waals surface area contributed by atoms with Crippen LogP contribution in [-0.2, 0) is 6.18 Å². The molecule has 0 radical (unpaired) electrons. The molecule has 2 heterocycles. The second-order valence-electron chi connectivity index (χ2n) is 7.93. The van der Waals surface area contributed by atoms with Gasteiger partial charge in [-0.05, 0) is 44.2 Å². The normalized spacial score (nSPS) is 15.7. The van der Waals surface area contributed by atoms with Crippen LogP contribution in [0.25, 0.3) is 16.8 Å². The number of alkyl halides is 3. The predicted molar refractivity (Wildman–Crippen MR) is 110 cm³/mol. The van der Waals surface area contributed by atoms with Crippen LogP contribution >= 0.6 is 11.6 Å². The lowest BCUT2D eigenvalue weighted by Crippen LogP contribution is -2.41. The van der Waals surface area contributed by atoms with E-state index in [9.17, 15) is 22.8 Å². The number of hydrogen-bond acceptors (Lipinski definition) is 3. The summed E-state index contributed by atoms with van der Waals surface area (Å²) < 4.78 is 42.3. The summed E-state index contributed by atoms with van der Waals surface area (Å²) in [5.74, 6) is -0.716. The van der Waals surface area contributed by atoms with Gasteiger partial charge in [0.1, 0.15) is 11.1 Å². The Hall–Kier alpha value is -2.81. The molecule has 1 unspecified atom stereocenters. The van der Waals surface area contributed by atoms with Crippen LogP contribution in [0.15, 0.2) is 29.2 Å². The molecule has 0 bridgehead atoms. The Balaban J connectivity index is 1.82. The first-order valence-electron chi connectivity index (χ1n) is 9.86. The van der Waals surface area contributed by atoms with Gasteiger partial charge in [0.15, 0.2) is 5.69 Å². The lowest BCUT2D eigenvalue weighted by molar-refractivity contribution is -0.136. The van der Waals surface area contributed by atoms with E-state index in [0.29, 0.717) is 10.6 Å². The monoisotopic (exact) mass is 452 g/mol. The molecule has 1 amide bonds. The largest absolute Gasteiger partial charge is 0.421 e. The number of carbonyl (C=O) groups is 1. The molecule has 1 saturated carbocycles. The van der Waals surface area contributed by atoms with Crippen molar-refractivity contribution in [3.63, 3.8) is 0 Å². The average molecular weight is 453 g/mol. The van der Waals surface area contributed by atoms with Gasteiger partial charge in [0.2, 0.25) is 0 Å². The van der Waals surface area contributed by atoms with Crippen molar-refractivity contribution in [3.8, 4) is 11.3 Å². The van der Waals surface area contributed by atoms with Crippen LogP contribution in [0.1, 0.15) is 47.8 Å². The summed E-state index contributed by atoms with van der Waals surface area (Å²) in [7, 11) is 0. The molecule has 1 aliphatic carbocycles. The quantitative estimate of drug-likeness (QED) is 0.607. The summed E-state index contributed by atoms with van der Waals surface area (Å²) in [4.78, 5) is 27.7. The van der Waals surface area contributed by atoms with Gasteiger partial charge in [0, 0.05) is 16.6 Å². The fourth-order valence-corrected chi connectivity index (χ4v) is 3.93. The first-order valence-corrected chi connectivity index (χ1v) is 10.2. The number of hydrogen-bond donors (Lipinski definition) is 2. The minimum absolute atomic E-state index is 0.227. The highest BCUT2D eigenvalue weighted by molar-refractivity contribution is 6.31. The third-order valence-electron chi connectivity index (χ3n) is 5.82. The van der Waals surface area contributed by atoms with Crippen LogP contribution in [0.3, 0.4) is 0 Å². The summed E-state index contributed by atoms with van der Waals surface area (Å²) in [6.07, 6.45) is -0.815. The summed E-state index contributed by atoms with van der Waals surface area (Å²) in [5.41, 5.74) is -2.35. The van der Waals surface area contributed by atoms with Gasteiger partial charge in [-0.2, -0.15) is 18.3 Å². The maximum absolute atomic E-state index is 13.8. The molecule has 2 N–H and O–H groups in total. The van der Waals surface area contributed by atoms with E-state index in [1.54, 1.807) is 32.0 Å². The van der Waals surface area contributed by atoms with Crippen molar-refractivity contribution in [2.45, 2.75) is 45.3 Å². The lowest BCUT2D eigenvalue weighted by Gasteiger charge is -2.31. The minimum atomic E-state index is -4.93. The van der Waals surface area contributed by atoms with E-state index in [2.05, 4.69) is 15.4 Å². The van der Waals surface area contributed by atoms with Gasteiger partial charge in [-0.25, -0.2) is 4.52 Å². The van der Waals surface area contributed by atoms with Gasteiger partial charge in [0.25, 0.3) is 11.5 Å². The van der Waals surface area contributed by atoms with Crippen LogP contribution in [-0.4, -0.2) is 26.5 Å². The zero-order chi connectivity index (χ0) is 22.5. The number of rotatable bonds is 4. The number of aromatic amines is 1. The number of amides is 1. The Kier molecular flexibility index (Phi) is 5.33. The molecule has 0 aliphatic heterocycles. The molecule has 2 aromatic heterocycles. The smallest absolute Gasteiger partial charge is 0.348 e.